The minimum atomic E-state index is -0.849. The lowest BCUT2D eigenvalue weighted by Crippen LogP contribution is -2.38. The number of amides is 1. The molecule has 0 bridgehead atoms. The molecule has 0 radical (unpaired) electrons. The lowest BCUT2D eigenvalue weighted by molar-refractivity contribution is 0.140. The highest BCUT2D eigenvalue weighted by Crippen LogP contribution is 2.35. The molecule has 2 fully saturated rings. The lowest BCUT2D eigenvalue weighted by Gasteiger charge is -2.23. The van der Waals surface area contributed by atoms with Crippen LogP contribution in [0, 0.1) is 5.92 Å². The monoisotopic (exact) mass is 319 g/mol. The summed E-state index contributed by atoms with van der Waals surface area (Å²) in [5.41, 5.74) is 1.40. The Morgan fingerprint density at radius 2 is 2.14 bits per heavy atom. The van der Waals surface area contributed by atoms with Crippen molar-refractivity contribution in [2.24, 2.45) is 5.92 Å². The van der Waals surface area contributed by atoms with Gasteiger partial charge < -0.3 is 14.9 Å². The Balaban J connectivity index is 1.71. The van der Waals surface area contributed by atoms with E-state index in [0.29, 0.717) is 41.0 Å². The summed E-state index contributed by atoms with van der Waals surface area (Å²) < 4.78 is 0. The molecular weight excluding hydrogens is 306 g/mol. The van der Waals surface area contributed by atoms with Gasteiger partial charge >= 0.3 is 6.09 Å². The molecule has 1 N–H and O–H groups in total. The number of pyridine rings is 1. The van der Waals surface area contributed by atoms with Crippen LogP contribution in [0.5, 0.6) is 0 Å². The number of hydrogen-bond acceptors (Lipinski definition) is 5. The van der Waals surface area contributed by atoms with Crippen LogP contribution in [-0.2, 0) is 0 Å². The smallest absolute Gasteiger partial charge is 0.407 e. The summed E-state index contributed by atoms with van der Waals surface area (Å²) >= 11 is 6.09. The van der Waals surface area contributed by atoms with Crippen molar-refractivity contribution in [3.63, 3.8) is 0 Å². The molecule has 8 heteroatoms. The number of rotatable bonds is 1. The molecule has 0 aromatic carbocycles. The van der Waals surface area contributed by atoms with Gasteiger partial charge in [-0.3, -0.25) is 4.98 Å². The maximum absolute atomic E-state index is 11.3. The van der Waals surface area contributed by atoms with Gasteiger partial charge in [-0.1, -0.05) is 11.6 Å². The molecule has 0 saturated carbocycles. The molecule has 0 aliphatic carbocycles. The molecule has 2 aliphatic heterocycles. The average Bonchev–Trinajstić information content (AvgIpc) is 3.05. The molecular formula is C14H14ClN5O2. The van der Waals surface area contributed by atoms with Gasteiger partial charge in [0.2, 0.25) is 0 Å². The number of carbonyl (C=O) groups is 1. The second-order valence-electron chi connectivity index (χ2n) is 5.69. The number of nitrogens with zero attached hydrogens (tertiary/aromatic N) is 5. The van der Waals surface area contributed by atoms with Crippen LogP contribution in [-0.4, -0.2) is 56.7 Å². The fourth-order valence-corrected chi connectivity index (χ4v) is 3.70. The highest BCUT2D eigenvalue weighted by atomic mass is 35.5. The third-order valence-corrected chi connectivity index (χ3v) is 4.69. The van der Waals surface area contributed by atoms with E-state index in [1.165, 1.54) is 4.90 Å². The molecule has 7 nitrogen and oxygen atoms in total. The summed E-state index contributed by atoms with van der Waals surface area (Å²) in [6.45, 7) is 2.01. The summed E-state index contributed by atoms with van der Waals surface area (Å²) in [6, 6.07) is 1.71. The van der Waals surface area contributed by atoms with Gasteiger partial charge in [0.25, 0.3) is 0 Å². The van der Waals surface area contributed by atoms with Crippen LogP contribution >= 0.6 is 11.6 Å². The standard InChI is InChI=1S/C14H14ClN5O2/c15-11-5-9-12(17-3-2-16-9)13(18-11)19-6-8-1-4-20(14(21)22)10(8)7-19/h2-3,5,8,10H,1,4,6-7H2,(H,21,22). The largest absolute Gasteiger partial charge is 0.465 e. The highest BCUT2D eigenvalue weighted by Gasteiger charge is 2.44. The molecule has 2 aliphatic rings. The fourth-order valence-electron chi connectivity index (χ4n) is 3.52. The Morgan fingerprint density at radius 1 is 1.32 bits per heavy atom. The number of halogens is 1. The second kappa shape index (κ2) is 4.95. The van der Waals surface area contributed by atoms with E-state index in [9.17, 15) is 9.90 Å². The number of aromatic nitrogens is 3. The molecule has 2 atom stereocenters. The molecule has 1 amide bonds. The summed E-state index contributed by atoms with van der Waals surface area (Å²) in [4.78, 5) is 27.9. The Kier molecular flexibility index (Phi) is 3.04. The molecule has 4 heterocycles. The van der Waals surface area contributed by atoms with Crippen LogP contribution in [0.2, 0.25) is 5.15 Å². The summed E-state index contributed by atoms with van der Waals surface area (Å²) in [5.74, 6) is 1.03. The van der Waals surface area contributed by atoms with Gasteiger partial charge in [0.1, 0.15) is 10.7 Å². The molecule has 2 aromatic rings. The van der Waals surface area contributed by atoms with Crippen molar-refractivity contribution in [1.29, 1.82) is 0 Å². The SMILES string of the molecule is O=C(O)N1CCC2CN(c3nc(Cl)cc4nccnc34)CC21. The minimum absolute atomic E-state index is 0.0185. The van der Waals surface area contributed by atoms with Crippen LogP contribution in [0.15, 0.2) is 18.5 Å². The predicted molar refractivity (Wildman–Crippen MR) is 81.2 cm³/mol. The van der Waals surface area contributed by atoms with Crippen LogP contribution in [0.1, 0.15) is 6.42 Å². The Labute approximate surface area is 131 Å². The third-order valence-electron chi connectivity index (χ3n) is 4.50. The Morgan fingerprint density at radius 3 is 2.95 bits per heavy atom. The number of fused-ring (bicyclic) bond motifs is 2. The van der Waals surface area contributed by atoms with Crippen molar-refractivity contribution in [2.45, 2.75) is 12.5 Å². The maximum atomic E-state index is 11.3. The van der Waals surface area contributed by atoms with Crippen LogP contribution < -0.4 is 4.90 Å². The quantitative estimate of drug-likeness (QED) is 0.808. The zero-order chi connectivity index (χ0) is 15.3. The zero-order valence-electron chi connectivity index (χ0n) is 11.7. The van der Waals surface area contributed by atoms with Gasteiger partial charge in [-0.05, 0) is 6.42 Å². The van der Waals surface area contributed by atoms with E-state index < -0.39 is 6.09 Å². The van der Waals surface area contributed by atoms with Crippen LogP contribution in [0.25, 0.3) is 11.0 Å². The van der Waals surface area contributed by atoms with Gasteiger partial charge in [0.15, 0.2) is 5.82 Å². The Hall–Kier alpha value is -2.15. The van der Waals surface area contributed by atoms with Crippen LogP contribution in [0.3, 0.4) is 0 Å². The normalized spacial score (nSPS) is 24.0. The number of carboxylic acid groups (broad SMARTS) is 1. The first-order chi connectivity index (χ1) is 10.6. The Bertz CT molecular complexity index is 755. The average molecular weight is 320 g/mol. The van der Waals surface area contributed by atoms with Gasteiger partial charge in [-0.25, -0.2) is 14.8 Å². The molecule has 2 saturated heterocycles. The molecule has 2 aromatic heterocycles. The maximum Gasteiger partial charge on any atom is 0.407 e. The van der Waals surface area contributed by atoms with E-state index in [2.05, 4.69) is 19.9 Å². The first-order valence-electron chi connectivity index (χ1n) is 7.15. The molecule has 4 rings (SSSR count). The number of hydrogen-bond donors (Lipinski definition) is 1. The number of anilines is 1. The van der Waals surface area contributed by atoms with E-state index in [4.69, 9.17) is 11.6 Å². The van der Waals surface area contributed by atoms with Crippen molar-refractivity contribution in [3.05, 3.63) is 23.6 Å². The molecule has 2 unspecified atom stereocenters. The number of likely N-dealkylation sites (tertiary alicyclic amines) is 1. The van der Waals surface area contributed by atoms with Gasteiger partial charge in [0.05, 0.1) is 11.6 Å². The van der Waals surface area contributed by atoms with Crippen molar-refractivity contribution in [1.82, 2.24) is 19.9 Å². The summed E-state index contributed by atoms with van der Waals surface area (Å²) in [5, 5.41) is 9.65. The summed E-state index contributed by atoms with van der Waals surface area (Å²) in [6.07, 6.45) is 3.28. The predicted octanol–water partition coefficient (Wildman–Crippen LogP) is 1.87. The van der Waals surface area contributed by atoms with E-state index >= 15 is 0 Å². The molecule has 114 valence electrons. The first kappa shape index (κ1) is 13.5. The molecule has 22 heavy (non-hydrogen) atoms. The highest BCUT2D eigenvalue weighted by molar-refractivity contribution is 6.30. The lowest BCUT2D eigenvalue weighted by atomic mass is 10.1. The second-order valence-corrected chi connectivity index (χ2v) is 6.08. The van der Waals surface area contributed by atoms with Gasteiger partial charge in [-0.15, -0.1) is 0 Å². The first-order valence-corrected chi connectivity index (χ1v) is 7.53. The van der Waals surface area contributed by atoms with E-state index in [-0.39, 0.29) is 6.04 Å². The van der Waals surface area contributed by atoms with E-state index in [1.807, 2.05) is 0 Å². The minimum Gasteiger partial charge on any atom is -0.465 e. The fraction of sp³-hybridized carbons (Fsp3) is 0.429. The molecule has 0 spiro atoms. The van der Waals surface area contributed by atoms with Crippen molar-refractivity contribution in [3.8, 4) is 0 Å². The van der Waals surface area contributed by atoms with Crippen LogP contribution in [0.4, 0.5) is 10.6 Å². The van der Waals surface area contributed by atoms with Crippen molar-refractivity contribution in [2.75, 3.05) is 24.5 Å². The zero-order valence-corrected chi connectivity index (χ0v) is 12.4. The summed E-state index contributed by atoms with van der Waals surface area (Å²) in [7, 11) is 0. The van der Waals surface area contributed by atoms with Crippen molar-refractivity contribution >= 4 is 34.5 Å². The van der Waals surface area contributed by atoms with E-state index in [1.54, 1.807) is 18.5 Å². The van der Waals surface area contributed by atoms with Crippen molar-refractivity contribution < 1.29 is 9.90 Å². The van der Waals surface area contributed by atoms with E-state index in [0.717, 1.165) is 13.0 Å². The topological polar surface area (TPSA) is 82.5 Å². The van der Waals surface area contributed by atoms with Gasteiger partial charge in [-0.2, -0.15) is 0 Å². The third kappa shape index (κ3) is 2.04. The van der Waals surface area contributed by atoms with Gasteiger partial charge in [0, 0.05) is 44.0 Å².